The minimum absolute atomic E-state index is 0.216. The Morgan fingerprint density at radius 1 is 1.43 bits per heavy atom. The molecule has 1 fully saturated rings. The molecule has 0 aromatic heterocycles. The van der Waals surface area contributed by atoms with Gasteiger partial charge in [-0.25, -0.2) is 4.39 Å². The smallest absolute Gasteiger partial charge is 0.169 e. The first kappa shape index (κ1) is 16.2. The summed E-state index contributed by atoms with van der Waals surface area (Å²) < 4.78 is 19.3. The number of methoxy groups -OCH3 is 1. The first-order chi connectivity index (χ1) is 10.2. The molecule has 4 heteroatoms. The fraction of sp³-hybridized carbons (Fsp3) is 0.647. The third-order valence-corrected chi connectivity index (χ3v) is 4.12. The van der Waals surface area contributed by atoms with Crippen molar-refractivity contribution in [3.63, 3.8) is 0 Å². The maximum absolute atomic E-state index is 14.2. The van der Waals surface area contributed by atoms with Crippen molar-refractivity contribution in [1.29, 1.82) is 0 Å². The van der Waals surface area contributed by atoms with E-state index in [4.69, 9.17) is 4.74 Å². The van der Waals surface area contributed by atoms with Gasteiger partial charge in [0.2, 0.25) is 0 Å². The molecule has 1 unspecified atom stereocenters. The van der Waals surface area contributed by atoms with Gasteiger partial charge in [-0.05, 0) is 50.9 Å². The lowest BCUT2D eigenvalue weighted by molar-refractivity contribution is 0.163. The highest BCUT2D eigenvalue weighted by Crippen LogP contribution is 2.23. The highest BCUT2D eigenvalue weighted by atomic mass is 19.1. The molecule has 1 N–H and O–H groups in total. The predicted octanol–water partition coefficient (Wildman–Crippen LogP) is 3.05. The van der Waals surface area contributed by atoms with Crippen LogP contribution < -0.4 is 10.1 Å². The minimum Gasteiger partial charge on any atom is -0.494 e. The van der Waals surface area contributed by atoms with Crippen LogP contribution in [0.1, 0.15) is 31.7 Å². The lowest BCUT2D eigenvalue weighted by Gasteiger charge is -2.33. The zero-order valence-corrected chi connectivity index (χ0v) is 13.2. The minimum atomic E-state index is -0.216. The van der Waals surface area contributed by atoms with Crippen molar-refractivity contribution in [2.24, 2.45) is 5.92 Å². The summed E-state index contributed by atoms with van der Waals surface area (Å²) in [6.45, 7) is 7.12. The van der Waals surface area contributed by atoms with Gasteiger partial charge in [0.25, 0.3) is 0 Å². The highest BCUT2D eigenvalue weighted by molar-refractivity contribution is 5.31. The molecule has 1 aromatic carbocycles. The van der Waals surface area contributed by atoms with Gasteiger partial charge >= 0.3 is 0 Å². The van der Waals surface area contributed by atoms with E-state index in [1.54, 1.807) is 6.07 Å². The van der Waals surface area contributed by atoms with Gasteiger partial charge in [0.15, 0.2) is 11.6 Å². The average Bonchev–Trinajstić information content (AvgIpc) is 2.50. The van der Waals surface area contributed by atoms with Crippen LogP contribution in [0.5, 0.6) is 5.75 Å². The number of ether oxygens (including phenoxy) is 1. The summed E-state index contributed by atoms with van der Waals surface area (Å²) in [5.74, 6) is 0.802. The molecule has 2 rings (SSSR count). The SMILES string of the molecule is CCCNCC1CCCN(Cc2cccc(OC)c2F)C1. The number of rotatable bonds is 7. The molecule has 1 aliphatic heterocycles. The molecule has 0 aliphatic carbocycles. The Hall–Kier alpha value is -1.13. The molecule has 1 heterocycles. The third kappa shape index (κ3) is 4.68. The maximum Gasteiger partial charge on any atom is 0.169 e. The van der Waals surface area contributed by atoms with Crippen LogP contribution in [-0.2, 0) is 6.54 Å². The second-order valence-corrected chi connectivity index (χ2v) is 5.88. The summed E-state index contributed by atoms with van der Waals surface area (Å²) in [6, 6.07) is 5.39. The monoisotopic (exact) mass is 294 g/mol. The van der Waals surface area contributed by atoms with E-state index < -0.39 is 0 Å². The fourth-order valence-electron chi connectivity index (χ4n) is 3.02. The number of likely N-dealkylation sites (tertiary alicyclic amines) is 1. The van der Waals surface area contributed by atoms with Crippen LogP contribution in [-0.4, -0.2) is 38.2 Å². The van der Waals surface area contributed by atoms with Crippen LogP contribution in [0.3, 0.4) is 0 Å². The van der Waals surface area contributed by atoms with Gasteiger partial charge in [-0.1, -0.05) is 19.1 Å². The average molecular weight is 294 g/mol. The molecular formula is C17H27FN2O. The molecule has 1 saturated heterocycles. The van der Waals surface area contributed by atoms with Crippen LogP contribution in [0.4, 0.5) is 4.39 Å². The van der Waals surface area contributed by atoms with Crippen molar-refractivity contribution in [3.8, 4) is 5.75 Å². The van der Waals surface area contributed by atoms with Gasteiger partial charge in [0, 0.05) is 18.7 Å². The van der Waals surface area contributed by atoms with E-state index in [1.807, 2.05) is 12.1 Å². The Bertz CT molecular complexity index is 439. The number of piperidine rings is 1. The quantitative estimate of drug-likeness (QED) is 0.782. The Kier molecular flexibility index (Phi) is 6.46. The lowest BCUT2D eigenvalue weighted by Crippen LogP contribution is -2.39. The highest BCUT2D eigenvalue weighted by Gasteiger charge is 2.21. The first-order valence-electron chi connectivity index (χ1n) is 7.99. The number of nitrogens with zero attached hydrogens (tertiary/aromatic N) is 1. The van der Waals surface area contributed by atoms with Gasteiger partial charge in [-0.15, -0.1) is 0 Å². The fourth-order valence-corrected chi connectivity index (χ4v) is 3.02. The molecule has 1 atom stereocenters. The summed E-state index contributed by atoms with van der Waals surface area (Å²) >= 11 is 0. The second kappa shape index (κ2) is 8.35. The van der Waals surface area contributed by atoms with Gasteiger partial charge in [-0.3, -0.25) is 4.90 Å². The van der Waals surface area contributed by atoms with Gasteiger partial charge in [0.1, 0.15) is 0 Å². The van der Waals surface area contributed by atoms with Crippen LogP contribution in [0.15, 0.2) is 18.2 Å². The van der Waals surface area contributed by atoms with E-state index in [-0.39, 0.29) is 5.82 Å². The topological polar surface area (TPSA) is 24.5 Å². The Balaban J connectivity index is 1.90. The number of nitrogens with one attached hydrogen (secondary N) is 1. The molecule has 1 aromatic rings. The van der Waals surface area contributed by atoms with Gasteiger partial charge < -0.3 is 10.1 Å². The molecule has 3 nitrogen and oxygen atoms in total. The van der Waals surface area contributed by atoms with Crippen molar-refractivity contribution >= 4 is 0 Å². The van der Waals surface area contributed by atoms with Crippen molar-refractivity contribution in [1.82, 2.24) is 10.2 Å². The Labute approximate surface area is 127 Å². The summed E-state index contributed by atoms with van der Waals surface area (Å²) in [7, 11) is 1.51. The third-order valence-electron chi connectivity index (χ3n) is 4.12. The number of hydrogen-bond donors (Lipinski definition) is 1. The van der Waals surface area contributed by atoms with Crippen LogP contribution in [0.25, 0.3) is 0 Å². The summed E-state index contributed by atoms with van der Waals surface area (Å²) in [4.78, 5) is 2.36. The summed E-state index contributed by atoms with van der Waals surface area (Å²) in [5.41, 5.74) is 0.733. The molecule has 118 valence electrons. The number of halogens is 1. The zero-order valence-electron chi connectivity index (χ0n) is 13.2. The molecule has 0 spiro atoms. The van der Waals surface area contributed by atoms with E-state index in [2.05, 4.69) is 17.1 Å². The maximum atomic E-state index is 14.2. The second-order valence-electron chi connectivity index (χ2n) is 5.88. The Morgan fingerprint density at radius 3 is 3.05 bits per heavy atom. The first-order valence-corrected chi connectivity index (χ1v) is 7.99. The predicted molar refractivity (Wildman–Crippen MR) is 84.1 cm³/mol. The van der Waals surface area contributed by atoms with E-state index >= 15 is 0 Å². The largest absolute Gasteiger partial charge is 0.494 e. The van der Waals surface area contributed by atoms with E-state index in [9.17, 15) is 4.39 Å². The molecule has 0 saturated carbocycles. The van der Waals surface area contributed by atoms with Crippen molar-refractivity contribution < 1.29 is 9.13 Å². The van der Waals surface area contributed by atoms with Crippen LogP contribution in [0, 0.1) is 11.7 Å². The van der Waals surface area contributed by atoms with E-state index in [0.29, 0.717) is 18.2 Å². The van der Waals surface area contributed by atoms with E-state index in [0.717, 1.165) is 31.7 Å². The van der Waals surface area contributed by atoms with Crippen LogP contribution in [0.2, 0.25) is 0 Å². The molecule has 0 amide bonds. The molecule has 1 aliphatic rings. The van der Waals surface area contributed by atoms with E-state index in [1.165, 1.54) is 26.4 Å². The number of benzene rings is 1. The Morgan fingerprint density at radius 2 is 2.29 bits per heavy atom. The lowest BCUT2D eigenvalue weighted by atomic mass is 9.97. The van der Waals surface area contributed by atoms with Gasteiger partial charge in [0.05, 0.1) is 7.11 Å². The van der Waals surface area contributed by atoms with Crippen molar-refractivity contribution in [2.45, 2.75) is 32.7 Å². The molecular weight excluding hydrogens is 267 g/mol. The molecule has 0 radical (unpaired) electrons. The van der Waals surface area contributed by atoms with Gasteiger partial charge in [-0.2, -0.15) is 0 Å². The molecule has 0 bridgehead atoms. The molecule has 21 heavy (non-hydrogen) atoms. The zero-order chi connectivity index (χ0) is 15.1. The van der Waals surface area contributed by atoms with Crippen molar-refractivity contribution in [3.05, 3.63) is 29.6 Å². The van der Waals surface area contributed by atoms with Crippen LogP contribution >= 0.6 is 0 Å². The standard InChI is InChI=1S/C17H27FN2O/c1-3-9-19-11-14-6-5-10-20(12-14)13-15-7-4-8-16(21-2)17(15)18/h4,7-8,14,19H,3,5-6,9-13H2,1-2H3. The summed E-state index contributed by atoms with van der Waals surface area (Å²) in [5, 5.41) is 3.50. The van der Waals surface area contributed by atoms with Crippen molar-refractivity contribution in [2.75, 3.05) is 33.3 Å². The number of hydrogen-bond acceptors (Lipinski definition) is 3. The summed E-state index contributed by atoms with van der Waals surface area (Å²) in [6.07, 6.45) is 3.64. The normalized spacial score (nSPS) is 19.7.